The molecular formula is C28H28ClF7N4O7. The highest BCUT2D eigenvalue weighted by Crippen LogP contribution is 2.35. The molecule has 0 aliphatic carbocycles. The van der Waals surface area contributed by atoms with Crippen LogP contribution in [0.15, 0.2) is 42.7 Å². The summed E-state index contributed by atoms with van der Waals surface area (Å²) >= 11 is 6.08. The molecule has 1 aliphatic rings. The van der Waals surface area contributed by atoms with Gasteiger partial charge in [-0.15, -0.1) is 0 Å². The van der Waals surface area contributed by atoms with E-state index in [9.17, 15) is 35.5 Å². The Balaban J connectivity index is 0.000000459. The van der Waals surface area contributed by atoms with E-state index in [2.05, 4.69) is 20.4 Å². The third-order valence-electron chi connectivity index (χ3n) is 5.93. The summed E-state index contributed by atoms with van der Waals surface area (Å²) in [6, 6.07) is 8.24. The zero-order valence-electron chi connectivity index (χ0n) is 24.5. The average Bonchev–Trinajstić information content (AvgIpc) is 3.50. The molecule has 3 aromatic rings. The molecule has 0 fully saturated rings. The Kier molecular flexibility index (Phi) is 13.8. The number of nitrogens with zero attached hydrogens (tertiary/aromatic N) is 2. The lowest BCUT2D eigenvalue weighted by molar-refractivity contribution is -0.193. The monoisotopic (exact) mass is 700 g/mol. The van der Waals surface area contributed by atoms with Crippen molar-refractivity contribution >= 4 is 35.1 Å². The molecule has 258 valence electrons. The maximum atomic E-state index is 14.9. The molecule has 0 spiro atoms. The van der Waals surface area contributed by atoms with E-state index in [4.69, 9.17) is 40.9 Å². The van der Waals surface area contributed by atoms with E-state index < -0.39 is 36.0 Å². The lowest BCUT2D eigenvalue weighted by Gasteiger charge is -2.25. The van der Waals surface area contributed by atoms with Gasteiger partial charge in [0.05, 0.1) is 24.4 Å². The SMILES string of the molecule is CN(C)CCCOc1cc(-c2cn[nH]c2)c(F)cc1NC(=O)C1COc2ccc(Cl)cc2C1.O=C(O)C(F)(F)F.O=C(O)C(F)(F)F. The van der Waals surface area contributed by atoms with Gasteiger partial charge < -0.3 is 29.9 Å². The summed E-state index contributed by atoms with van der Waals surface area (Å²) in [6.07, 6.45) is -5.76. The van der Waals surface area contributed by atoms with Gasteiger partial charge in [0.15, 0.2) is 0 Å². The number of H-pyrrole nitrogens is 1. The summed E-state index contributed by atoms with van der Waals surface area (Å²) in [7, 11) is 3.97. The first-order chi connectivity index (χ1) is 21.8. The van der Waals surface area contributed by atoms with Crippen molar-refractivity contribution in [1.29, 1.82) is 0 Å². The Morgan fingerprint density at radius 1 is 1.09 bits per heavy atom. The number of hydrogen-bond donors (Lipinski definition) is 4. The van der Waals surface area contributed by atoms with Crippen LogP contribution in [-0.2, 0) is 20.8 Å². The van der Waals surface area contributed by atoms with Crippen molar-refractivity contribution in [3.05, 3.63) is 59.1 Å². The molecule has 1 aromatic heterocycles. The minimum absolute atomic E-state index is 0.231. The lowest BCUT2D eigenvalue weighted by atomic mass is 9.96. The van der Waals surface area contributed by atoms with Gasteiger partial charge in [0.25, 0.3) is 0 Å². The van der Waals surface area contributed by atoms with Crippen LogP contribution >= 0.6 is 11.6 Å². The molecule has 4 N–H and O–H groups in total. The van der Waals surface area contributed by atoms with Gasteiger partial charge in [-0.3, -0.25) is 9.89 Å². The number of aromatic amines is 1. The quantitative estimate of drug-likeness (QED) is 0.172. The van der Waals surface area contributed by atoms with Gasteiger partial charge >= 0.3 is 24.3 Å². The van der Waals surface area contributed by atoms with Crippen molar-refractivity contribution in [3.8, 4) is 22.6 Å². The fourth-order valence-corrected chi connectivity index (χ4v) is 3.91. The Morgan fingerprint density at radius 3 is 2.23 bits per heavy atom. The number of fused-ring (bicyclic) bond motifs is 1. The molecule has 0 saturated carbocycles. The van der Waals surface area contributed by atoms with Crippen LogP contribution in [0, 0.1) is 11.7 Å². The number of benzene rings is 2. The number of amides is 1. The van der Waals surface area contributed by atoms with Crippen LogP contribution in [-0.4, -0.2) is 89.4 Å². The molecule has 47 heavy (non-hydrogen) atoms. The Bertz CT molecular complexity index is 1490. The summed E-state index contributed by atoms with van der Waals surface area (Å²) in [5.74, 6) is -5.57. The highest BCUT2D eigenvalue weighted by Gasteiger charge is 2.39. The molecule has 2 aromatic carbocycles. The number of anilines is 1. The molecule has 4 rings (SSSR count). The number of ether oxygens (including phenoxy) is 2. The van der Waals surface area contributed by atoms with Crippen molar-refractivity contribution in [3.63, 3.8) is 0 Å². The minimum Gasteiger partial charge on any atom is -0.492 e. The van der Waals surface area contributed by atoms with Crippen LogP contribution < -0.4 is 14.8 Å². The molecule has 0 radical (unpaired) electrons. The van der Waals surface area contributed by atoms with Crippen LogP contribution in [0.5, 0.6) is 11.5 Å². The van der Waals surface area contributed by atoms with E-state index in [1.807, 2.05) is 14.1 Å². The Labute approximate surface area is 267 Å². The maximum absolute atomic E-state index is 14.9. The van der Waals surface area contributed by atoms with Crippen molar-refractivity contribution in [1.82, 2.24) is 15.1 Å². The van der Waals surface area contributed by atoms with Gasteiger partial charge in [-0.1, -0.05) is 11.6 Å². The van der Waals surface area contributed by atoms with E-state index >= 15 is 0 Å². The average molecular weight is 701 g/mol. The second-order valence-corrected chi connectivity index (χ2v) is 10.3. The standard InChI is InChI=1S/C24H26ClFN4O3.2C2HF3O2/c1-30(2)6-3-7-32-23-10-19(17-12-27-28-13-17)20(26)11-21(23)29-24(31)16-8-15-9-18(25)4-5-22(15)33-14-16;2*3-2(4,5)1(6)7/h4-5,9-13,16H,3,6-8,14H2,1-2H3,(H,27,28)(H,29,31);2*(H,6,7). The zero-order chi connectivity index (χ0) is 35.5. The number of halogens is 8. The molecule has 0 bridgehead atoms. The largest absolute Gasteiger partial charge is 0.492 e. The van der Waals surface area contributed by atoms with E-state index in [-0.39, 0.29) is 18.2 Å². The third kappa shape index (κ3) is 12.6. The first-order valence-corrected chi connectivity index (χ1v) is 13.6. The number of hydrogen-bond acceptors (Lipinski definition) is 7. The van der Waals surface area contributed by atoms with Crippen molar-refractivity contribution in [2.24, 2.45) is 5.92 Å². The number of carbonyl (C=O) groups is 3. The van der Waals surface area contributed by atoms with Crippen LogP contribution in [0.25, 0.3) is 11.1 Å². The predicted octanol–water partition coefficient (Wildman–Crippen LogP) is 5.66. The number of nitrogens with one attached hydrogen (secondary N) is 2. The zero-order valence-corrected chi connectivity index (χ0v) is 25.3. The summed E-state index contributed by atoms with van der Waals surface area (Å²) < 4.78 is 90.1. The number of rotatable bonds is 8. The van der Waals surface area contributed by atoms with E-state index in [0.717, 1.165) is 24.3 Å². The lowest BCUT2D eigenvalue weighted by Crippen LogP contribution is -2.32. The summed E-state index contributed by atoms with van der Waals surface area (Å²) in [5.41, 5.74) is 2.09. The van der Waals surface area contributed by atoms with Crippen molar-refractivity contribution < 1.29 is 64.8 Å². The topological polar surface area (TPSA) is 154 Å². The van der Waals surface area contributed by atoms with E-state index in [1.54, 1.807) is 30.5 Å². The summed E-state index contributed by atoms with van der Waals surface area (Å²) in [6.45, 7) is 1.50. The van der Waals surface area contributed by atoms with Gasteiger partial charge in [-0.25, -0.2) is 14.0 Å². The molecule has 2 heterocycles. The second kappa shape index (κ2) is 16.8. The molecule has 1 aliphatic heterocycles. The van der Waals surface area contributed by atoms with Crippen molar-refractivity contribution in [2.45, 2.75) is 25.2 Å². The number of aliphatic carboxylic acids is 2. The number of carbonyl (C=O) groups excluding carboxylic acids is 1. The van der Waals surface area contributed by atoms with E-state index in [1.165, 1.54) is 12.3 Å². The van der Waals surface area contributed by atoms with Gasteiger partial charge in [-0.05, 0) is 56.8 Å². The molecule has 1 atom stereocenters. The molecule has 1 unspecified atom stereocenters. The summed E-state index contributed by atoms with van der Waals surface area (Å²) in [5, 5.41) is 24.2. The molecular weight excluding hydrogens is 673 g/mol. The van der Waals surface area contributed by atoms with Crippen LogP contribution in [0.2, 0.25) is 5.02 Å². The first kappa shape index (κ1) is 38.6. The minimum atomic E-state index is -5.08. The molecule has 1 amide bonds. The highest BCUT2D eigenvalue weighted by molar-refractivity contribution is 6.30. The van der Waals surface area contributed by atoms with Gasteiger partial charge in [0.2, 0.25) is 5.91 Å². The van der Waals surface area contributed by atoms with Crippen LogP contribution in [0.3, 0.4) is 0 Å². The fraction of sp³-hybridized carbons (Fsp3) is 0.357. The van der Waals surface area contributed by atoms with Gasteiger partial charge in [0, 0.05) is 35.0 Å². The number of alkyl halides is 6. The van der Waals surface area contributed by atoms with Gasteiger partial charge in [-0.2, -0.15) is 31.4 Å². The fourth-order valence-electron chi connectivity index (χ4n) is 3.72. The Morgan fingerprint density at radius 2 is 1.70 bits per heavy atom. The van der Waals surface area contributed by atoms with Crippen LogP contribution in [0.1, 0.15) is 12.0 Å². The predicted molar refractivity (Wildman–Crippen MR) is 153 cm³/mol. The normalized spacial score (nSPS) is 14.0. The first-order valence-electron chi connectivity index (χ1n) is 13.2. The third-order valence-corrected chi connectivity index (χ3v) is 6.16. The number of carboxylic acid groups (broad SMARTS) is 2. The number of aromatic nitrogens is 2. The van der Waals surface area contributed by atoms with Gasteiger partial charge in [0.1, 0.15) is 23.9 Å². The smallest absolute Gasteiger partial charge is 0.490 e. The molecule has 0 saturated heterocycles. The second-order valence-electron chi connectivity index (χ2n) is 9.88. The number of carboxylic acids is 2. The Hall–Kier alpha value is -4.58. The maximum Gasteiger partial charge on any atom is 0.490 e. The van der Waals surface area contributed by atoms with Crippen molar-refractivity contribution in [2.75, 3.05) is 39.2 Å². The van der Waals surface area contributed by atoms with E-state index in [0.29, 0.717) is 34.9 Å². The molecule has 19 heteroatoms. The molecule has 11 nitrogen and oxygen atoms in total. The van der Waals surface area contributed by atoms with Crippen LogP contribution in [0.4, 0.5) is 36.4 Å². The summed E-state index contributed by atoms with van der Waals surface area (Å²) in [4.78, 5) is 32.9. The highest BCUT2D eigenvalue weighted by atomic mass is 35.5.